The number of hydrogen-bond donors (Lipinski definition) is 1. The molecule has 0 atom stereocenters. The molecule has 0 saturated carbocycles. The molecule has 0 bridgehead atoms. The van der Waals surface area contributed by atoms with Crippen molar-refractivity contribution in [3.8, 4) is 22.3 Å². The smallest absolute Gasteiger partial charge is 0.434 e. The van der Waals surface area contributed by atoms with Crippen LogP contribution in [0, 0.1) is 0 Å². The molecule has 1 amide bonds. The van der Waals surface area contributed by atoms with Crippen LogP contribution in [0.25, 0.3) is 10.6 Å². The van der Waals surface area contributed by atoms with Crippen LogP contribution in [0.3, 0.4) is 0 Å². The molecule has 0 radical (unpaired) electrons. The van der Waals surface area contributed by atoms with E-state index in [1.807, 2.05) is 0 Å². The monoisotopic (exact) mass is 414 g/mol. The van der Waals surface area contributed by atoms with Crippen LogP contribution >= 0.6 is 11.3 Å². The number of rotatable bonds is 5. The van der Waals surface area contributed by atoms with Crippen molar-refractivity contribution in [1.29, 1.82) is 0 Å². The maximum absolute atomic E-state index is 13.4. The number of halogens is 3. The molecule has 0 aliphatic heterocycles. The maximum Gasteiger partial charge on any atom is 0.434 e. The fourth-order valence-corrected chi connectivity index (χ4v) is 3.39. The van der Waals surface area contributed by atoms with Crippen LogP contribution < -0.4 is 14.8 Å². The zero-order valence-corrected chi connectivity index (χ0v) is 15.6. The summed E-state index contributed by atoms with van der Waals surface area (Å²) in [6, 6.07) is 1.42. The number of alkyl halides is 3. The fraction of sp³-hybridized carbons (Fsp3) is 0.267. The Labute approximate surface area is 160 Å². The van der Waals surface area contributed by atoms with Gasteiger partial charge in [0, 0.05) is 13.2 Å². The SMILES string of the molecule is COc1ncnc(OC)c1C(=O)Nc1nc(C(F)(F)F)c(-c2ccnn2C)s1. The van der Waals surface area contributed by atoms with E-state index in [1.54, 1.807) is 0 Å². The molecular formula is C15H13F3N6O3S. The lowest BCUT2D eigenvalue weighted by molar-refractivity contribution is -0.140. The summed E-state index contributed by atoms with van der Waals surface area (Å²) < 4.78 is 51.6. The van der Waals surface area contributed by atoms with Gasteiger partial charge in [-0.15, -0.1) is 0 Å². The van der Waals surface area contributed by atoms with Crippen molar-refractivity contribution in [3.63, 3.8) is 0 Å². The van der Waals surface area contributed by atoms with Gasteiger partial charge in [-0.1, -0.05) is 11.3 Å². The Morgan fingerprint density at radius 3 is 2.36 bits per heavy atom. The molecule has 0 aliphatic rings. The molecule has 0 aromatic carbocycles. The molecule has 0 spiro atoms. The highest BCUT2D eigenvalue weighted by Crippen LogP contribution is 2.42. The molecule has 9 nitrogen and oxygen atoms in total. The van der Waals surface area contributed by atoms with Crippen LogP contribution in [0.5, 0.6) is 11.8 Å². The van der Waals surface area contributed by atoms with E-state index in [0.717, 1.165) is 6.33 Å². The number of amides is 1. The molecule has 148 valence electrons. The van der Waals surface area contributed by atoms with Crippen LogP contribution in [0.4, 0.5) is 18.3 Å². The minimum absolute atomic E-state index is 0.0937. The van der Waals surface area contributed by atoms with E-state index in [4.69, 9.17) is 9.47 Å². The van der Waals surface area contributed by atoms with Gasteiger partial charge in [0.15, 0.2) is 16.4 Å². The number of anilines is 1. The van der Waals surface area contributed by atoms with Crippen molar-refractivity contribution in [2.45, 2.75) is 6.18 Å². The van der Waals surface area contributed by atoms with Crippen LogP contribution in [0.1, 0.15) is 16.1 Å². The lowest BCUT2D eigenvalue weighted by Crippen LogP contribution is -2.16. The molecule has 3 aromatic heterocycles. The van der Waals surface area contributed by atoms with E-state index in [-0.39, 0.29) is 33.0 Å². The zero-order valence-electron chi connectivity index (χ0n) is 14.7. The first kappa shape index (κ1) is 19.5. The van der Waals surface area contributed by atoms with Gasteiger partial charge in [0.05, 0.1) is 24.8 Å². The van der Waals surface area contributed by atoms with Gasteiger partial charge in [0.2, 0.25) is 11.8 Å². The van der Waals surface area contributed by atoms with Gasteiger partial charge in [0.25, 0.3) is 5.91 Å². The fourth-order valence-electron chi connectivity index (χ4n) is 2.35. The quantitative estimate of drug-likeness (QED) is 0.684. The number of ether oxygens (including phenoxy) is 2. The third kappa shape index (κ3) is 3.60. The molecule has 13 heteroatoms. The summed E-state index contributed by atoms with van der Waals surface area (Å²) in [6.07, 6.45) is -2.23. The summed E-state index contributed by atoms with van der Waals surface area (Å²) in [5.74, 6) is -1.01. The summed E-state index contributed by atoms with van der Waals surface area (Å²) in [7, 11) is 4.07. The molecular weight excluding hydrogens is 401 g/mol. The molecule has 1 N–H and O–H groups in total. The van der Waals surface area contributed by atoms with Gasteiger partial charge >= 0.3 is 6.18 Å². The number of nitrogens with zero attached hydrogens (tertiary/aromatic N) is 5. The predicted molar refractivity (Wildman–Crippen MR) is 92.4 cm³/mol. The van der Waals surface area contributed by atoms with Crippen LogP contribution in [-0.4, -0.2) is 44.9 Å². The Balaban J connectivity index is 2.02. The molecule has 28 heavy (non-hydrogen) atoms. The number of methoxy groups -OCH3 is 2. The number of nitrogens with one attached hydrogen (secondary N) is 1. The van der Waals surface area contributed by atoms with Crippen molar-refractivity contribution in [2.75, 3.05) is 19.5 Å². The average Bonchev–Trinajstić information content (AvgIpc) is 3.26. The third-order valence-corrected chi connectivity index (χ3v) is 4.55. The van der Waals surface area contributed by atoms with Crippen molar-refractivity contribution < 1.29 is 27.4 Å². The number of thiazole rings is 1. The second-order valence-electron chi connectivity index (χ2n) is 5.26. The first-order chi connectivity index (χ1) is 13.3. The highest BCUT2D eigenvalue weighted by atomic mass is 32.1. The van der Waals surface area contributed by atoms with Crippen LogP contribution in [0.2, 0.25) is 0 Å². The molecule has 0 unspecified atom stereocenters. The maximum atomic E-state index is 13.4. The lowest BCUT2D eigenvalue weighted by Gasteiger charge is -2.09. The van der Waals surface area contributed by atoms with Gasteiger partial charge in [0.1, 0.15) is 6.33 Å². The molecule has 0 saturated heterocycles. The number of hydrogen-bond acceptors (Lipinski definition) is 8. The zero-order chi connectivity index (χ0) is 20.5. The Hall–Kier alpha value is -3.22. The summed E-state index contributed by atoms with van der Waals surface area (Å²) >= 11 is 0.662. The van der Waals surface area contributed by atoms with E-state index >= 15 is 0 Å². The van der Waals surface area contributed by atoms with E-state index in [9.17, 15) is 18.0 Å². The summed E-state index contributed by atoms with van der Waals surface area (Å²) in [6.45, 7) is 0. The average molecular weight is 414 g/mol. The number of aryl methyl sites for hydroxylation is 1. The lowest BCUT2D eigenvalue weighted by atomic mass is 10.3. The molecule has 3 rings (SSSR count). The largest absolute Gasteiger partial charge is 0.480 e. The van der Waals surface area contributed by atoms with Crippen molar-refractivity contribution >= 4 is 22.4 Å². The van der Waals surface area contributed by atoms with Gasteiger partial charge in [-0.2, -0.15) is 18.3 Å². The Bertz CT molecular complexity index is 995. The van der Waals surface area contributed by atoms with Crippen molar-refractivity contribution in [1.82, 2.24) is 24.7 Å². The van der Waals surface area contributed by atoms with Gasteiger partial charge in [-0.05, 0) is 6.07 Å². The first-order valence-electron chi connectivity index (χ1n) is 7.57. The molecule has 0 aliphatic carbocycles. The van der Waals surface area contributed by atoms with E-state index < -0.39 is 17.8 Å². The first-order valence-corrected chi connectivity index (χ1v) is 8.38. The number of carbonyl (C=O) groups is 1. The van der Waals surface area contributed by atoms with E-state index in [0.29, 0.717) is 11.3 Å². The summed E-state index contributed by atoms with van der Waals surface area (Å²) in [5.41, 5.74) is -1.08. The van der Waals surface area contributed by atoms with E-state index in [1.165, 1.54) is 38.2 Å². The van der Waals surface area contributed by atoms with Crippen LogP contribution in [-0.2, 0) is 13.2 Å². The molecule has 3 aromatic rings. The Morgan fingerprint density at radius 1 is 1.21 bits per heavy atom. The van der Waals surface area contributed by atoms with Gasteiger partial charge in [-0.25, -0.2) is 15.0 Å². The number of aromatic nitrogens is 5. The summed E-state index contributed by atoms with van der Waals surface area (Å²) in [5, 5.41) is 5.93. The minimum atomic E-state index is -4.72. The number of carbonyl (C=O) groups excluding carboxylic acids is 1. The highest BCUT2D eigenvalue weighted by molar-refractivity contribution is 7.19. The minimum Gasteiger partial charge on any atom is -0.480 e. The highest BCUT2D eigenvalue weighted by Gasteiger charge is 2.39. The second-order valence-corrected chi connectivity index (χ2v) is 6.25. The predicted octanol–water partition coefficient (Wildman–Crippen LogP) is 2.62. The topological polar surface area (TPSA) is 104 Å². The van der Waals surface area contributed by atoms with E-state index in [2.05, 4.69) is 25.4 Å². The van der Waals surface area contributed by atoms with Crippen LogP contribution in [0.15, 0.2) is 18.6 Å². The third-order valence-electron chi connectivity index (χ3n) is 3.56. The van der Waals surface area contributed by atoms with Gasteiger partial charge in [-0.3, -0.25) is 14.8 Å². The van der Waals surface area contributed by atoms with Gasteiger partial charge < -0.3 is 9.47 Å². The Morgan fingerprint density at radius 2 is 1.86 bits per heavy atom. The molecule has 3 heterocycles. The van der Waals surface area contributed by atoms with Crippen molar-refractivity contribution in [2.24, 2.45) is 7.05 Å². The Kier molecular flexibility index (Phi) is 5.18. The van der Waals surface area contributed by atoms with Crippen molar-refractivity contribution in [3.05, 3.63) is 29.8 Å². The standard InChI is InChI=1S/C15H13F3N6O3S/c1-24-7(4-5-21-24)9-10(15(16,17)18)22-14(28-9)23-11(25)8-12(26-2)19-6-20-13(8)27-3/h4-6H,1-3H3,(H,22,23,25). The second kappa shape index (κ2) is 7.42. The summed E-state index contributed by atoms with van der Waals surface area (Å²) in [4.78, 5) is 23.6. The normalized spacial score (nSPS) is 11.4. The molecule has 0 fully saturated rings.